The molecule has 0 spiro atoms. The molecule has 0 aliphatic carbocycles. The lowest BCUT2D eigenvalue weighted by atomic mass is 10.2. The first-order valence-electron chi connectivity index (χ1n) is 6.17. The molecule has 0 bridgehead atoms. The van der Waals surface area contributed by atoms with E-state index < -0.39 is 0 Å². The third-order valence-corrected chi connectivity index (χ3v) is 4.18. The van der Waals surface area contributed by atoms with Gasteiger partial charge in [0, 0.05) is 43.0 Å². The van der Waals surface area contributed by atoms with Crippen LogP contribution < -0.4 is 9.47 Å². The van der Waals surface area contributed by atoms with Crippen molar-refractivity contribution in [3.8, 4) is 10.9 Å². The number of aromatic nitrogens is 2. The minimum Gasteiger partial charge on any atom is -0.496 e. The highest BCUT2D eigenvalue weighted by atomic mass is 32.2. The van der Waals surface area contributed by atoms with Gasteiger partial charge in [-0.2, -0.15) is 9.36 Å². The number of carbonyl (C=O) groups is 1. The third-order valence-electron chi connectivity index (χ3n) is 2.53. The zero-order valence-corrected chi connectivity index (χ0v) is 13.8. The van der Waals surface area contributed by atoms with Gasteiger partial charge in [0.05, 0.1) is 7.11 Å². The van der Waals surface area contributed by atoms with Crippen LogP contribution in [0.2, 0.25) is 0 Å². The van der Waals surface area contributed by atoms with Gasteiger partial charge in [-0.3, -0.25) is 4.79 Å². The van der Waals surface area contributed by atoms with Crippen LogP contribution in [0.5, 0.6) is 10.9 Å². The monoisotopic (exact) mass is 343 g/mol. The first-order chi connectivity index (χ1) is 10.5. The lowest BCUT2D eigenvalue weighted by Crippen LogP contribution is -2.16. The van der Waals surface area contributed by atoms with E-state index in [2.05, 4.69) is 9.36 Å². The maximum absolute atomic E-state index is 13.3. The Bertz CT molecular complexity index is 664. The molecule has 0 aliphatic rings. The molecule has 0 saturated heterocycles. The van der Waals surface area contributed by atoms with Crippen LogP contribution in [-0.2, 0) is 6.61 Å². The second-order valence-electron chi connectivity index (χ2n) is 4.35. The number of carbonyl (C=O) groups excluding carboxylic acids is 1. The maximum Gasteiger partial charge on any atom is 0.294 e. The van der Waals surface area contributed by atoms with Gasteiger partial charge in [0.15, 0.2) is 0 Å². The predicted molar refractivity (Wildman–Crippen MR) is 82.1 cm³/mol. The minimum atomic E-state index is -0.371. The summed E-state index contributed by atoms with van der Waals surface area (Å²) in [4.78, 5) is 17.1. The summed E-state index contributed by atoms with van der Waals surface area (Å²) in [6.07, 6.45) is 0. The minimum absolute atomic E-state index is 0.0991. The molecule has 0 N–H and O–H groups in total. The van der Waals surface area contributed by atoms with Gasteiger partial charge in [-0.05, 0) is 18.2 Å². The fourth-order valence-corrected chi connectivity index (χ4v) is 2.69. The lowest BCUT2D eigenvalue weighted by Gasteiger charge is -2.08. The number of amides is 1. The van der Waals surface area contributed by atoms with Crippen LogP contribution in [-0.4, -0.2) is 40.7 Å². The van der Waals surface area contributed by atoms with Crippen LogP contribution in [0.25, 0.3) is 0 Å². The molecule has 0 unspecified atom stereocenters. The molecule has 0 aliphatic heterocycles. The second-order valence-corrected chi connectivity index (χ2v) is 5.98. The van der Waals surface area contributed by atoms with Gasteiger partial charge in [-0.25, -0.2) is 4.39 Å². The molecule has 0 saturated carbocycles. The van der Waals surface area contributed by atoms with Crippen molar-refractivity contribution in [2.45, 2.75) is 11.8 Å². The fourth-order valence-electron chi connectivity index (χ4n) is 1.47. The van der Waals surface area contributed by atoms with Gasteiger partial charge >= 0.3 is 0 Å². The molecule has 1 aromatic carbocycles. The average molecular weight is 343 g/mol. The topological polar surface area (TPSA) is 64.6 Å². The summed E-state index contributed by atoms with van der Waals surface area (Å²) < 4.78 is 27.9. The van der Waals surface area contributed by atoms with E-state index in [1.54, 1.807) is 14.1 Å². The average Bonchev–Trinajstić information content (AvgIpc) is 2.92. The van der Waals surface area contributed by atoms with Gasteiger partial charge in [0.1, 0.15) is 18.2 Å². The molecular formula is C13H14FN3O3S2. The largest absolute Gasteiger partial charge is 0.496 e. The van der Waals surface area contributed by atoms with Crippen LogP contribution in [0.15, 0.2) is 23.4 Å². The molecular weight excluding hydrogens is 329 g/mol. The van der Waals surface area contributed by atoms with Crippen molar-refractivity contribution >= 4 is 28.5 Å². The standard InChI is InChI=1S/C13H14FN3O3S2/c1-17(2)13(18)21-11-15-12(22-16-11)20-7-8-6-9(14)4-5-10(8)19-3/h4-6H,7H2,1-3H3. The van der Waals surface area contributed by atoms with Crippen molar-refractivity contribution < 1.29 is 18.7 Å². The summed E-state index contributed by atoms with van der Waals surface area (Å²) in [5, 5.41) is 0.460. The SMILES string of the molecule is COc1ccc(F)cc1COc1nc(SC(=O)N(C)C)ns1. The Kier molecular flexibility index (Phi) is 5.56. The van der Waals surface area contributed by atoms with E-state index >= 15 is 0 Å². The van der Waals surface area contributed by atoms with Crippen molar-refractivity contribution in [2.75, 3.05) is 21.2 Å². The summed E-state index contributed by atoms with van der Waals surface area (Å²) in [6, 6.07) is 4.19. The molecule has 1 amide bonds. The van der Waals surface area contributed by atoms with Crippen molar-refractivity contribution in [3.05, 3.63) is 29.6 Å². The van der Waals surface area contributed by atoms with E-state index in [0.717, 1.165) is 23.3 Å². The summed E-state index contributed by atoms with van der Waals surface area (Å²) in [5.41, 5.74) is 0.566. The normalized spacial score (nSPS) is 10.4. The molecule has 9 heteroatoms. The summed E-state index contributed by atoms with van der Waals surface area (Å²) in [7, 11) is 4.80. The van der Waals surface area contributed by atoms with Crippen LogP contribution >= 0.6 is 23.3 Å². The van der Waals surface area contributed by atoms with Crippen LogP contribution in [0, 0.1) is 5.82 Å². The number of halogens is 1. The summed E-state index contributed by atoms with van der Waals surface area (Å²) in [5.74, 6) is 0.160. The number of methoxy groups -OCH3 is 1. The zero-order chi connectivity index (χ0) is 16.1. The number of ether oxygens (including phenoxy) is 2. The number of hydrogen-bond donors (Lipinski definition) is 0. The molecule has 118 valence electrons. The Balaban J connectivity index is 1.99. The highest BCUT2D eigenvalue weighted by Gasteiger charge is 2.13. The Morgan fingerprint density at radius 3 is 2.91 bits per heavy atom. The highest BCUT2D eigenvalue weighted by molar-refractivity contribution is 8.13. The molecule has 1 aromatic heterocycles. The van der Waals surface area contributed by atoms with E-state index in [1.807, 2.05) is 0 Å². The first-order valence-corrected chi connectivity index (χ1v) is 7.76. The maximum atomic E-state index is 13.3. The van der Waals surface area contributed by atoms with Crippen molar-refractivity contribution in [1.82, 2.24) is 14.3 Å². The Labute approximate surface area is 135 Å². The molecule has 0 atom stereocenters. The molecule has 6 nitrogen and oxygen atoms in total. The Hall–Kier alpha value is -1.87. The van der Waals surface area contributed by atoms with Gasteiger partial charge in [0.25, 0.3) is 10.4 Å². The molecule has 0 radical (unpaired) electrons. The number of benzene rings is 1. The number of hydrogen-bond acceptors (Lipinski definition) is 7. The van der Waals surface area contributed by atoms with Gasteiger partial charge in [-0.15, -0.1) is 0 Å². The smallest absolute Gasteiger partial charge is 0.294 e. The van der Waals surface area contributed by atoms with E-state index in [0.29, 0.717) is 21.7 Å². The van der Waals surface area contributed by atoms with Gasteiger partial charge < -0.3 is 14.4 Å². The zero-order valence-electron chi connectivity index (χ0n) is 12.2. The van der Waals surface area contributed by atoms with Crippen LogP contribution in [0.1, 0.15) is 5.56 Å². The van der Waals surface area contributed by atoms with Crippen molar-refractivity contribution in [3.63, 3.8) is 0 Å². The lowest BCUT2D eigenvalue weighted by molar-refractivity contribution is 0.241. The van der Waals surface area contributed by atoms with E-state index in [4.69, 9.17) is 9.47 Å². The fraction of sp³-hybridized carbons (Fsp3) is 0.308. The number of thioether (sulfide) groups is 1. The van der Waals surface area contributed by atoms with E-state index in [-0.39, 0.29) is 17.7 Å². The predicted octanol–water partition coefficient (Wildman–Crippen LogP) is 3.04. The molecule has 22 heavy (non-hydrogen) atoms. The van der Waals surface area contributed by atoms with Gasteiger partial charge in [-0.1, -0.05) is 0 Å². The summed E-state index contributed by atoms with van der Waals surface area (Å²) >= 11 is 1.95. The quantitative estimate of drug-likeness (QED) is 0.778. The number of rotatable bonds is 5. The van der Waals surface area contributed by atoms with Crippen molar-refractivity contribution in [1.29, 1.82) is 0 Å². The van der Waals surface area contributed by atoms with Crippen LogP contribution in [0.3, 0.4) is 0 Å². The highest BCUT2D eigenvalue weighted by Crippen LogP contribution is 2.26. The molecule has 2 rings (SSSR count). The third kappa shape index (κ3) is 4.31. The molecule has 0 fully saturated rings. The van der Waals surface area contributed by atoms with E-state index in [9.17, 15) is 9.18 Å². The van der Waals surface area contributed by atoms with E-state index in [1.165, 1.54) is 30.2 Å². The van der Waals surface area contributed by atoms with Crippen molar-refractivity contribution in [2.24, 2.45) is 0 Å². The number of nitrogens with zero attached hydrogens (tertiary/aromatic N) is 3. The molecule has 2 aromatic rings. The second kappa shape index (κ2) is 7.41. The first kappa shape index (κ1) is 16.5. The Morgan fingerprint density at radius 1 is 1.45 bits per heavy atom. The van der Waals surface area contributed by atoms with Gasteiger partial charge in [0.2, 0.25) is 5.16 Å². The van der Waals surface area contributed by atoms with Crippen LogP contribution in [0.4, 0.5) is 9.18 Å². The summed E-state index contributed by atoms with van der Waals surface area (Å²) in [6.45, 7) is 0.0991. The molecule has 1 heterocycles. The Morgan fingerprint density at radius 2 is 2.23 bits per heavy atom.